The summed E-state index contributed by atoms with van der Waals surface area (Å²) in [7, 11) is 0. The van der Waals surface area contributed by atoms with Gasteiger partial charge in [-0.2, -0.15) is 8.75 Å². The van der Waals surface area contributed by atoms with Crippen LogP contribution in [0.15, 0.2) is 48.5 Å². The normalized spacial score (nSPS) is 13.3. The molecule has 1 aromatic heterocycles. The molecule has 1 aliphatic rings. The Morgan fingerprint density at radius 2 is 0.938 bits per heavy atom. The van der Waals surface area contributed by atoms with Crippen LogP contribution in [0.25, 0.3) is 33.3 Å². The number of hydrogen-bond acceptors (Lipinski definition) is 3. The van der Waals surface area contributed by atoms with Crippen molar-refractivity contribution in [2.45, 2.75) is 174 Å². The summed E-state index contributed by atoms with van der Waals surface area (Å²) in [6, 6.07) is 19.2. The maximum Gasteiger partial charge on any atom is 0.112 e. The predicted octanol–water partition coefficient (Wildman–Crippen LogP) is 14.9. The molecule has 0 unspecified atom stereocenters. The summed E-state index contributed by atoms with van der Waals surface area (Å²) < 4.78 is 9.44. The first-order valence-corrected chi connectivity index (χ1v) is 20.8. The van der Waals surface area contributed by atoms with Gasteiger partial charge in [0.05, 0.1) is 11.7 Å². The average molecular weight is 665 g/mol. The molecule has 5 rings (SSSR count). The molecule has 2 nitrogen and oxygen atoms in total. The van der Waals surface area contributed by atoms with Crippen LogP contribution in [0, 0.1) is 13.8 Å². The lowest BCUT2D eigenvalue weighted by Gasteiger charge is -2.33. The zero-order valence-electron chi connectivity index (χ0n) is 31.0. The summed E-state index contributed by atoms with van der Waals surface area (Å²) in [6.07, 6.45) is 30.3. The second-order valence-corrected chi connectivity index (χ2v) is 15.7. The summed E-state index contributed by atoms with van der Waals surface area (Å²) >= 11 is 1.34. The van der Waals surface area contributed by atoms with E-state index in [2.05, 4.69) is 80.6 Å². The Labute approximate surface area is 297 Å². The first-order valence-electron chi connectivity index (χ1n) is 20.1. The largest absolute Gasteiger partial charge is 0.173 e. The molecule has 4 aromatic rings. The van der Waals surface area contributed by atoms with Crippen molar-refractivity contribution >= 4 is 22.8 Å². The fourth-order valence-corrected chi connectivity index (χ4v) is 9.11. The molecule has 0 N–H and O–H groups in total. The molecule has 0 atom stereocenters. The Hall–Kier alpha value is -2.52. The molecule has 48 heavy (non-hydrogen) atoms. The van der Waals surface area contributed by atoms with Gasteiger partial charge in [0, 0.05) is 11.0 Å². The van der Waals surface area contributed by atoms with E-state index in [1.807, 2.05) is 0 Å². The molecule has 0 aliphatic heterocycles. The fourth-order valence-electron chi connectivity index (χ4n) is 8.49. The molecule has 0 saturated carbocycles. The van der Waals surface area contributed by atoms with Gasteiger partial charge >= 0.3 is 0 Å². The predicted molar refractivity (Wildman–Crippen MR) is 211 cm³/mol. The zero-order valence-corrected chi connectivity index (χ0v) is 31.8. The van der Waals surface area contributed by atoms with Crippen LogP contribution in [0.3, 0.4) is 0 Å². The number of hydrogen-bond donors (Lipinski definition) is 0. The summed E-state index contributed by atoms with van der Waals surface area (Å²) in [4.78, 5) is 0. The zero-order chi connectivity index (χ0) is 33.6. The van der Waals surface area contributed by atoms with Gasteiger partial charge in [-0.05, 0) is 66.1 Å². The maximum absolute atomic E-state index is 4.78. The van der Waals surface area contributed by atoms with Crippen LogP contribution in [0.2, 0.25) is 0 Å². The molecule has 260 valence electrons. The second-order valence-electron chi connectivity index (χ2n) is 15.1. The van der Waals surface area contributed by atoms with Crippen LogP contribution in [-0.4, -0.2) is 8.75 Å². The van der Waals surface area contributed by atoms with Crippen molar-refractivity contribution in [1.82, 2.24) is 8.75 Å². The Balaban J connectivity index is 1.35. The highest BCUT2D eigenvalue weighted by Crippen LogP contribution is 2.55. The van der Waals surface area contributed by atoms with Crippen LogP contribution in [0.5, 0.6) is 0 Å². The van der Waals surface area contributed by atoms with E-state index in [-0.39, 0.29) is 5.41 Å². The molecular formula is C45H64N2S. The SMILES string of the molecule is CCCCCCCCCCCCC1(CCCCCCCCCCCC)c2cc(C)ccc2-c2ccc(-c3ccc(C)c4nsnc34)cc21. The third-order valence-electron chi connectivity index (χ3n) is 11.4. The van der Waals surface area contributed by atoms with E-state index in [4.69, 9.17) is 4.37 Å². The van der Waals surface area contributed by atoms with Crippen LogP contribution >= 0.6 is 11.7 Å². The number of fused-ring (bicyclic) bond motifs is 4. The van der Waals surface area contributed by atoms with E-state index >= 15 is 0 Å². The topological polar surface area (TPSA) is 25.8 Å². The van der Waals surface area contributed by atoms with Crippen molar-refractivity contribution in [2.75, 3.05) is 0 Å². The summed E-state index contributed by atoms with van der Waals surface area (Å²) in [5.74, 6) is 0. The van der Waals surface area contributed by atoms with Gasteiger partial charge in [0.2, 0.25) is 0 Å². The average Bonchev–Trinajstić information content (AvgIpc) is 3.69. The monoisotopic (exact) mass is 664 g/mol. The molecule has 0 bridgehead atoms. The van der Waals surface area contributed by atoms with E-state index in [0.717, 1.165) is 11.0 Å². The highest BCUT2D eigenvalue weighted by molar-refractivity contribution is 7.00. The first-order chi connectivity index (χ1) is 23.6. The Kier molecular flexibility index (Phi) is 14.6. The van der Waals surface area contributed by atoms with Crippen molar-refractivity contribution in [3.05, 3.63) is 70.8 Å². The minimum Gasteiger partial charge on any atom is -0.173 e. The number of rotatable bonds is 23. The Morgan fingerprint density at radius 3 is 1.50 bits per heavy atom. The van der Waals surface area contributed by atoms with Gasteiger partial charge in [-0.1, -0.05) is 190 Å². The summed E-state index contributed by atoms with van der Waals surface area (Å²) in [5.41, 5.74) is 13.5. The molecule has 0 saturated heterocycles. The van der Waals surface area contributed by atoms with Crippen molar-refractivity contribution in [3.63, 3.8) is 0 Å². The smallest absolute Gasteiger partial charge is 0.112 e. The molecule has 0 radical (unpaired) electrons. The highest BCUT2D eigenvalue weighted by Gasteiger charge is 2.42. The van der Waals surface area contributed by atoms with Crippen LogP contribution < -0.4 is 0 Å². The van der Waals surface area contributed by atoms with Crippen LogP contribution in [-0.2, 0) is 5.41 Å². The molecule has 3 heteroatoms. The molecule has 3 aromatic carbocycles. The van der Waals surface area contributed by atoms with Crippen LogP contribution in [0.4, 0.5) is 0 Å². The summed E-state index contributed by atoms with van der Waals surface area (Å²) in [5, 5.41) is 0. The number of benzene rings is 3. The number of unbranched alkanes of at least 4 members (excludes halogenated alkanes) is 18. The quantitative estimate of drug-likeness (QED) is 0.0738. The molecule has 0 spiro atoms. The highest BCUT2D eigenvalue weighted by atomic mass is 32.1. The van der Waals surface area contributed by atoms with Gasteiger partial charge < -0.3 is 0 Å². The van der Waals surface area contributed by atoms with Gasteiger partial charge in [0.15, 0.2) is 0 Å². The third kappa shape index (κ3) is 9.17. The van der Waals surface area contributed by atoms with E-state index < -0.39 is 0 Å². The lowest BCUT2D eigenvalue weighted by molar-refractivity contribution is 0.397. The Morgan fingerprint density at radius 1 is 0.479 bits per heavy atom. The molecular weight excluding hydrogens is 601 g/mol. The Bertz CT molecular complexity index is 1520. The van der Waals surface area contributed by atoms with Gasteiger partial charge in [-0.3, -0.25) is 0 Å². The van der Waals surface area contributed by atoms with Crippen molar-refractivity contribution in [1.29, 1.82) is 0 Å². The van der Waals surface area contributed by atoms with Gasteiger partial charge in [0.25, 0.3) is 0 Å². The standard InChI is InChI=1S/C45H64N2S/c1-5-7-9-11-13-15-17-19-21-23-31-45(32-24-22-20-18-16-14-12-10-8-6-2)41-33-35(3)25-28-39(41)40-30-27-37(34-42(40)45)38-29-26-36(4)43-44(38)47-48-46-43/h25-30,33-34H,5-24,31-32H2,1-4H3. The van der Waals surface area contributed by atoms with Gasteiger partial charge in [-0.25, -0.2) is 0 Å². The van der Waals surface area contributed by atoms with Crippen molar-refractivity contribution in [2.24, 2.45) is 0 Å². The van der Waals surface area contributed by atoms with Crippen molar-refractivity contribution in [3.8, 4) is 22.3 Å². The van der Waals surface area contributed by atoms with E-state index in [1.54, 1.807) is 11.1 Å². The minimum absolute atomic E-state index is 0.0944. The number of aryl methyl sites for hydroxylation is 2. The fraction of sp³-hybridized carbons (Fsp3) is 0.600. The molecule has 1 aliphatic carbocycles. The lowest BCUT2D eigenvalue weighted by atomic mass is 9.70. The number of aromatic nitrogens is 2. The molecule has 0 fully saturated rings. The van der Waals surface area contributed by atoms with Crippen LogP contribution in [0.1, 0.15) is 177 Å². The van der Waals surface area contributed by atoms with E-state index in [1.165, 1.54) is 186 Å². The minimum atomic E-state index is 0.0944. The number of nitrogens with zero attached hydrogens (tertiary/aromatic N) is 2. The second kappa shape index (κ2) is 19.0. The summed E-state index contributed by atoms with van der Waals surface area (Å²) in [6.45, 7) is 9.07. The van der Waals surface area contributed by atoms with E-state index in [0.29, 0.717) is 0 Å². The third-order valence-corrected chi connectivity index (χ3v) is 11.9. The van der Waals surface area contributed by atoms with E-state index in [9.17, 15) is 0 Å². The lowest BCUT2D eigenvalue weighted by Crippen LogP contribution is -2.25. The maximum atomic E-state index is 4.78. The molecule has 1 heterocycles. The van der Waals surface area contributed by atoms with Gasteiger partial charge in [0.1, 0.15) is 11.0 Å². The first kappa shape index (κ1) is 36.8. The van der Waals surface area contributed by atoms with Crippen molar-refractivity contribution < 1.29 is 0 Å². The molecule has 0 amide bonds. The van der Waals surface area contributed by atoms with Gasteiger partial charge in [-0.15, -0.1) is 0 Å².